The highest BCUT2D eigenvalue weighted by Crippen LogP contribution is 2.42. The first-order valence-corrected chi connectivity index (χ1v) is 11.1. The summed E-state index contributed by atoms with van der Waals surface area (Å²) >= 11 is 14.2. The van der Waals surface area contributed by atoms with Crippen molar-refractivity contribution in [3.63, 3.8) is 0 Å². The minimum Gasteiger partial charge on any atom is -0.398 e. The van der Waals surface area contributed by atoms with Gasteiger partial charge in [-0.3, -0.25) is 4.79 Å². The molecule has 1 aliphatic rings. The van der Waals surface area contributed by atoms with Crippen molar-refractivity contribution in [3.05, 3.63) is 63.6 Å². The number of benzene rings is 2. The molecule has 0 bridgehead atoms. The van der Waals surface area contributed by atoms with E-state index in [1.165, 1.54) is 31.0 Å². The average Bonchev–Trinajstić information content (AvgIpc) is 2.66. The fourth-order valence-corrected chi connectivity index (χ4v) is 5.14. The quantitative estimate of drug-likeness (QED) is 0.574. The molecule has 0 spiro atoms. The van der Waals surface area contributed by atoms with Gasteiger partial charge in [0.15, 0.2) is 0 Å². The van der Waals surface area contributed by atoms with E-state index in [1.54, 1.807) is 12.1 Å². The zero-order valence-corrected chi connectivity index (χ0v) is 17.4. The lowest BCUT2D eigenvalue weighted by atomic mass is 9.95. The second-order valence-electron chi connectivity index (χ2n) is 6.89. The van der Waals surface area contributed by atoms with Gasteiger partial charge in [-0.15, -0.1) is 11.8 Å². The molecule has 27 heavy (non-hydrogen) atoms. The summed E-state index contributed by atoms with van der Waals surface area (Å²) in [7, 11) is 0. The molecule has 1 aliphatic carbocycles. The predicted molar refractivity (Wildman–Crippen MR) is 117 cm³/mol. The molecule has 6 heteroatoms. The SMILES string of the molecule is Nc1ccc(Cl)cc1C(SCC(=O)NC1CCCCC1)c1ccccc1Cl. The van der Waals surface area contributed by atoms with Crippen molar-refractivity contribution >= 4 is 46.6 Å². The van der Waals surface area contributed by atoms with Gasteiger partial charge in [-0.25, -0.2) is 0 Å². The van der Waals surface area contributed by atoms with Gasteiger partial charge in [0.25, 0.3) is 0 Å². The number of hydrogen-bond acceptors (Lipinski definition) is 3. The van der Waals surface area contributed by atoms with Crippen molar-refractivity contribution in [1.29, 1.82) is 0 Å². The third kappa shape index (κ3) is 5.56. The third-order valence-electron chi connectivity index (χ3n) is 4.87. The van der Waals surface area contributed by atoms with Crippen LogP contribution in [0.3, 0.4) is 0 Å². The minimum absolute atomic E-state index is 0.0598. The topological polar surface area (TPSA) is 55.1 Å². The van der Waals surface area contributed by atoms with E-state index >= 15 is 0 Å². The molecule has 0 aliphatic heterocycles. The lowest BCUT2D eigenvalue weighted by Crippen LogP contribution is -2.37. The van der Waals surface area contributed by atoms with E-state index in [1.807, 2.05) is 30.3 Å². The molecule has 1 unspecified atom stereocenters. The maximum absolute atomic E-state index is 12.5. The first-order valence-electron chi connectivity index (χ1n) is 9.25. The molecule has 1 amide bonds. The number of nitrogens with two attached hydrogens (primary N) is 1. The van der Waals surface area contributed by atoms with Gasteiger partial charge in [0.2, 0.25) is 5.91 Å². The molecule has 0 saturated heterocycles. The largest absolute Gasteiger partial charge is 0.398 e. The van der Waals surface area contributed by atoms with Gasteiger partial charge in [-0.1, -0.05) is 60.7 Å². The van der Waals surface area contributed by atoms with E-state index in [4.69, 9.17) is 28.9 Å². The van der Waals surface area contributed by atoms with Gasteiger partial charge < -0.3 is 11.1 Å². The summed E-state index contributed by atoms with van der Waals surface area (Å²) in [5.74, 6) is 0.405. The highest BCUT2D eigenvalue weighted by molar-refractivity contribution is 8.00. The first kappa shape index (κ1) is 20.4. The van der Waals surface area contributed by atoms with Crippen LogP contribution in [0.1, 0.15) is 48.5 Å². The number of rotatable bonds is 6. The van der Waals surface area contributed by atoms with E-state index in [9.17, 15) is 4.79 Å². The van der Waals surface area contributed by atoms with Crippen molar-refractivity contribution in [2.75, 3.05) is 11.5 Å². The second-order valence-corrected chi connectivity index (χ2v) is 8.83. The molecule has 3 rings (SSSR count). The molecule has 0 aromatic heterocycles. The van der Waals surface area contributed by atoms with Crippen molar-refractivity contribution < 1.29 is 4.79 Å². The summed E-state index contributed by atoms with van der Waals surface area (Å²) in [4.78, 5) is 12.5. The Morgan fingerprint density at radius 1 is 1.11 bits per heavy atom. The molecule has 1 saturated carbocycles. The van der Waals surface area contributed by atoms with E-state index in [0.717, 1.165) is 24.0 Å². The Hall–Kier alpha value is -1.36. The van der Waals surface area contributed by atoms with Crippen LogP contribution in [0, 0.1) is 0 Å². The lowest BCUT2D eigenvalue weighted by Gasteiger charge is -2.24. The summed E-state index contributed by atoms with van der Waals surface area (Å²) < 4.78 is 0. The van der Waals surface area contributed by atoms with E-state index in [2.05, 4.69) is 5.32 Å². The van der Waals surface area contributed by atoms with Crippen LogP contribution in [-0.4, -0.2) is 17.7 Å². The summed E-state index contributed by atoms with van der Waals surface area (Å²) in [5, 5.41) is 4.28. The lowest BCUT2D eigenvalue weighted by molar-refractivity contribution is -0.119. The molecular weight excluding hydrogens is 399 g/mol. The van der Waals surface area contributed by atoms with E-state index < -0.39 is 0 Å². The Balaban J connectivity index is 1.77. The van der Waals surface area contributed by atoms with Crippen LogP contribution >= 0.6 is 35.0 Å². The minimum atomic E-state index is -0.158. The van der Waals surface area contributed by atoms with Crippen LogP contribution in [0.5, 0.6) is 0 Å². The number of carbonyl (C=O) groups is 1. The fourth-order valence-electron chi connectivity index (χ4n) is 3.48. The normalized spacial score (nSPS) is 16.1. The molecule has 2 aromatic rings. The summed E-state index contributed by atoms with van der Waals surface area (Å²) in [6, 6.07) is 13.4. The Labute approximate surface area is 175 Å². The van der Waals surface area contributed by atoms with Crippen LogP contribution in [0.2, 0.25) is 10.0 Å². The predicted octanol–water partition coefficient (Wildman–Crippen LogP) is 5.85. The highest BCUT2D eigenvalue weighted by Gasteiger charge is 2.22. The number of carbonyl (C=O) groups excluding carboxylic acids is 1. The van der Waals surface area contributed by atoms with Crippen LogP contribution in [0.25, 0.3) is 0 Å². The van der Waals surface area contributed by atoms with Gasteiger partial charge in [0.05, 0.1) is 11.0 Å². The van der Waals surface area contributed by atoms with Crippen molar-refractivity contribution in [2.45, 2.75) is 43.4 Å². The molecule has 0 heterocycles. The number of thioether (sulfide) groups is 1. The van der Waals surface area contributed by atoms with Gasteiger partial charge in [0, 0.05) is 21.8 Å². The van der Waals surface area contributed by atoms with E-state index in [0.29, 0.717) is 27.5 Å². The molecular formula is C21H24Cl2N2OS. The fraction of sp³-hybridized carbons (Fsp3) is 0.381. The summed E-state index contributed by atoms with van der Waals surface area (Å²) in [6.07, 6.45) is 5.81. The molecule has 1 fully saturated rings. The third-order valence-corrected chi connectivity index (χ3v) is 6.72. The number of hydrogen-bond donors (Lipinski definition) is 2. The van der Waals surface area contributed by atoms with Gasteiger partial charge >= 0.3 is 0 Å². The Bertz CT molecular complexity index is 794. The van der Waals surface area contributed by atoms with Crippen molar-refractivity contribution in [2.24, 2.45) is 0 Å². The number of amides is 1. The number of anilines is 1. The van der Waals surface area contributed by atoms with Crippen LogP contribution in [-0.2, 0) is 4.79 Å². The van der Waals surface area contributed by atoms with Crippen LogP contribution in [0.4, 0.5) is 5.69 Å². The Morgan fingerprint density at radius 2 is 1.85 bits per heavy atom. The standard InChI is InChI=1S/C21H24Cl2N2OS/c22-14-10-11-19(24)17(12-14)21(16-8-4-5-9-18(16)23)27-13-20(26)25-15-6-2-1-3-7-15/h4-5,8-12,15,21H,1-3,6-7,13,24H2,(H,25,26). The van der Waals surface area contributed by atoms with Crippen molar-refractivity contribution in [3.8, 4) is 0 Å². The molecule has 2 aromatic carbocycles. The van der Waals surface area contributed by atoms with E-state index in [-0.39, 0.29) is 11.2 Å². The first-order chi connectivity index (χ1) is 13.0. The molecule has 1 atom stereocenters. The maximum Gasteiger partial charge on any atom is 0.230 e. The highest BCUT2D eigenvalue weighted by atomic mass is 35.5. The summed E-state index contributed by atoms with van der Waals surface area (Å²) in [6.45, 7) is 0. The summed E-state index contributed by atoms with van der Waals surface area (Å²) in [5.41, 5.74) is 8.68. The number of halogens is 2. The smallest absolute Gasteiger partial charge is 0.230 e. The Kier molecular flexibility index (Phi) is 7.33. The average molecular weight is 423 g/mol. The molecule has 0 radical (unpaired) electrons. The van der Waals surface area contributed by atoms with Gasteiger partial charge in [-0.2, -0.15) is 0 Å². The number of nitrogen functional groups attached to an aromatic ring is 1. The van der Waals surface area contributed by atoms with Gasteiger partial charge in [-0.05, 0) is 48.2 Å². The zero-order chi connectivity index (χ0) is 19.2. The monoisotopic (exact) mass is 422 g/mol. The molecule has 3 nitrogen and oxygen atoms in total. The zero-order valence-electron chi connectivity index (χ0n) is 15.1. The van der Waals surface area contributed by atoms with Crippen molar-refractivity contribution in [1.82, 2.24) is 5.32 Å². The van der Waals surface area contributed by atoms with Crippen LogP contribution < -0.4 is 11.1 Å². The number of nitrogens with one attached hydrogen (secondary N) is 1. The maximum atomic E-state index is 12.5. The molecule has 3 N–H and O–H groups in total. The van der Waals surface area contributed by atoms with Gasteiger partial charge in [0.1, 0.15) is 0 Å². The molecule has 144 valence electrons. The Morgan fingerprint density at radius 3 is 2.59 bits per heavy atom. The van der Waals surface area contributed by atoms with Crippen LogP contribution in [0.15, 0.2) is 42.5 Å². The second kappa shape index (κ2) is 9.72.